The Balaban J connectivity index is 1.77. The molecule has 2 amide bonds. The molecule has 4 rings (SSSR count). The largest absolute Gasteiger partial charge is 0.416 e. The number of likely N-dealkylation sites (N-methyl/N-ethyl adjacent to an activating group) is 1. The molecule has 1 aliphatic heterocycles. The summed E-state index contributed by atoms with van der Waals surface area (Å²) in [6.07, 6.45) is -1.49. The van der Waals surface area contributed by atoms with E-state index < -0.39 is 29.2 Å². The SMILES string of the molecule is CCC1(C(=O)NC2N=C(c3ccc(C(F)(F)F)cc3)c3ccccc3N(C)C2=O)CCCC1. The number of amides is 2. The van der Waals surface area contributed by atoms with Crippen molar-refractivity contribution in [2.45, 2.75) is 51.4 Å². The molecular formula is C25H26F3N3O2. The summed E-state index contributed by atoms with van der Waals surface area (Å²) in [6, 6.07) is 11.8. The molecule has 1 aliphatic carbocycles. The van der Waals surface area contributed by atoms with E-state index in [1.807, 2.05) is 6.92 Å². The molecule has 0 radical (unpaired) electrons. The van der Waals surface area contributed by atoms with Crippen molar-refractivity contribution in [2.24, 2.45) is 10.4 Å². The number of hydrogen-bond acceptors (Lipinski definition) is 3. The molecule has 1 unspecified atom stereocenters. The van der Waals surface area contributed by atoms with Gasteiger partial charge in [-0.2, -0.15) is 13.2 Å². The molecule has 1 fully saturated rings. The number of rotatable bonds is 4. The van der Waals surface area contributed by atoms with Crippen LogP contribution in [0.2, 0.25) is 0 Å². The summed E-state index contributed by atoms with van der Waals surface area (Å²) in [6.45, 7) is 1.97. The van der Waals surface area contributed by atoms with E-state index in [4.69, 9.17) is 0 Å². The number of aliphatic imine (C=N–C) groups is 1. The molecule has 2 aliphatic rings. The van der Waals surface area contributed by atoms with Crippen LogP contribution in [0.25, 0.3) is 0 Å². The summed E-state index contributed by atoms with van der Waals surface area (Å²) < 4.78 is 39.2. The van der Waals surface area contributed by atoms with E-state index in [2.05, 4.69) is 10.3 Å². The Morgan fingerprint density at radius 2 is 1.76 bits per heavy atom. The smallest absolute Gasteiger partial charge is 0.326 e. The predicted octanol–water partition coefficient (Wildman–Crippen LogP) is 4.93. The molecule has 0 bridgehead atoms. The Labute approximate surface area is 190 Å². The van der Waals surface area contributed by atoms with Gasteiger partial charge in [0.05, 0.1) is 17.0 Å². The van der Waals surface area contributed by atoms with Crippen LogP contribution in [0.4, 0.5) is 18.9 Å². The average molecular weight is 457 g/mol. The Bertz CT molecular complexity index is 1090. The first kappa shape index (κ1) is 23.0. The van der Waals surface area contributed by atoms with Crippen molar-refractivity contribution < 1.29 is 22.8 Å². The van der Waals surface area contributed by atoms with Crippen LogP contribution < -0.4 is 10.2 Å². The maximum Gasteiger partial charge on any atom is 0.416 e. The molecule has 0 spiro atoms. The van der Waals surface area contributed by atoms with E-state index in [1.54, 1.807) is 31.3 Å². The summed E-state index contributed by atoms with van der Waals surface area (Å²) >= 11 is 0. The van der Waals surface area contributed by atoms with Crippen LogP contribution in [0, 0.1) is 5.41 Å². The molecule has 0 aromatic heterocycles. The minimum absolute atomic E-state index is 0.198. The number of nitrogens with one attached hydrogen (secondary N) is 1. The van der Waals surface area contributed by atoms with Crippen LogP contribution in [-0.2, 0) is 15.8 Å². The van der Waals surface area contributed by atoms with E-state index in [0.29, 0.717) is 28.9 Å². The highest BCUT2D eigenvalue weighted by atomic mass is 19.4. The average Bonchev–Trinajstić information content (AvgIpc) is 3.27. The van der Waals surface area contributed by atoms with E-state index in [1.165, 1.54) is 17.0 Å². The number of nitrogens with zero attached hydrogens (tertiary/aromatic N) is 2. The number of anilines is 1. The van der Waals surface area contributed by atoms with Gasteiger partial charge in [-0.3, -0.25) is 9.59 Å². The number of alkyl halides is 3. The van der Waals surface area contributed by atoms with Gasteiger partial charge in [-0.1, -0.05) is 50.1 Å². The first-order valence-corrected chi connectivity index (χ1v) is 11.1. The molecule has 33 heavy (non-hydrogen) atoms. The van der Waals surface area contributed by atoms with Crippen LogP contribution in [0.3, 0.4) is 0 Å². The van der Waals surface area contributed by atoms with Gasteiger partial charge in [0.2, 0.25) is 12.1 Å². The zero-order valence-electron chi connectivity index (χ0n) is 18.6. The van der Waals surface area contributed by atoms with Gasteiger partial charge < -0.3 is 10.2 Å². The number of carbonyl (C=O) groups is 2. The third-order valence-corrected chi connectivity index (χ3v) is 6.82. The first-order valence-electron chi connectivity index (χ1n) is 11.1. The van der Waals surface area contributed by atoms with Crippen molar-refractivity contribution in [1.29, 1.82) is 0 Å². The third-order valence-electron chi connectivity index (χ3n) is 6.82. The van der Waals surface area contributed by atoms with Gasteiger partial charge >= 0.3 is 6.18 Å². The third kappa shape index (κ3) is 4.26. The second kappa shape index (κ2) is 8.65. The number of hydrogen-bond donors (Lipinski definition) is 1. The molecule has 5 nitrogen and oxygen atoms in total. The van der Waals surface area contributed by atoms with Crippen molar-refractivity contribution in [2.75, 3.05) is 11.9 Å². The van der Waals surface area contributed by atoms with E-state index >= 15 is 0 Å². The van der Waals surface area contributed by atoms with Gasteiger partial charge in [0, 0.05) is 23.6 Å². The van der Waals surface area contributed by atoms with Gasteiger partial charge in [0.15, 0.2) is 0 Å². The Kier molecular flexibility index (Phi) is 6.03. The van der Waals surface area contributed by atoms with Crippen LogP contribution in [0.5, 0.6) is 0 Å². The number of halogens is 3. The van der Waals surface area contributed by atoms with Crippen LogP contribution in [0.1, 0.15) is 55.7 Å². The Hall–Kier alpha value is -3.16. The minimum atomic E-state index is -4.45. The summed E-state index contributed by atoms with van der Waals surface area (Å²) in [4.78, 5) is 32.5. The van der Waals surface area contributed by atoms with Gasteiger partial charge in [0.25, 0.3) is 5.91 Å². The van der Waals surface area contributed by atoms with Gasteiger partial charge in [-0.15, -0.1) is 0 Å². The molecule has 1 atom stereocenters. The van der Waals surface area contributed by atoms with Gasteiger partial charge in [-0.25, -0.2) is 4.99 Å². The van der Waals surface area contributed by atoms with Crippen LogP contribution in [0.15, 0.2) is 53.5 Å². The quantitative estimate of drug-likeness (QED) is 0.708. The second-order valence-corrected chi connectivity index (χ2v) is 8.68. The van der Waals surface area contributed by atoms with Gasteiger partial charge in [0.1, 0.15) is 0 Å². The lowest BCUT2D eigenvalue weighted by atomic mass is 9.82. The molecule has 2 aromatic carbocycles. The predicted molar refractivity (Wildman–Crippen MR) is 120 cm³/mol. The molecule has 2 aromatic rings. The van der Waals surface area contributed by atoms with E-state index in [0.717, 1.165) is 37.8 Å². The summed E-state index contributed by atoms with van der Waals surface area (Å²) in [5, 5.41) is 2.85. The maximum atomic E-state index is 13.3. The highest BCUT2D eigenvalue weighted by molar-refractivity contribution is 6.20. The molecular weight excluding hydrogens is 431 g/mol. The Morgan fingerprint density at radius 1 is 1.12 bits per heavy atom. The topological polar surface area (TPSA) is 61.8 Å². The normalized spacial score (nSPS) is 20.2. The fraction of sp³-hybridized carbons (Fsp3) is 0.400. The summed E-state index contributed by atoms with van der Waals surface area (Å²) in [5.74, 6) is -0.599. The van der Waals surface area contributed by atoms with Crippen molar-refractivity contribution in [3.8, 4) is 0 Å². The lowest BCUT2D eigenvalue weighted by Crippen LogP contribution is -2.50. The molecule has 1 N–H and O–H groups in total. The van der Waals surface area contributed by atoms with E-state index in [9.17, 15) is 22.8 Å². The number of fused-ring (bicyclic) bond motifs is 1. The summed E-state index contributed by atoms with van der Waals surface area (Å²) in [7, 11) is 1.61. The maximum absolute atomic E-state index is 13.3. The lowest BCUT2D eigenvalue weighted by Gasteiger charge is -2.28. The van der Waals surface area contributed by atoms with Crippen molar-refractivity contribution in [3.63, 3.8) is 0 Å². The van der Waals surface area contributed by atoms with Crippen molar-refractivity contribution in [1.82, 2.24) is 5.32 Å². The summed E-state index contributed by atoms with van der Waals surface area (Å²) in [5.41, 5.74) is 0.697. The number of carbonyl (C=O) groups excluding carboxylic acids is 2. The second-order valence-electron chi connectivity index (χ2n) is 8.68. The highest BCUT2D eigenvalue weighted by Crippen LogP contribution is 2.41. The lowest BCUT2D eigenvalue weighted by molar-refractivity contribution is -0.137. The van der Waals surface area contributed by atoms with Gasteiger partial charge in [-0.05, 0) is 37.5 Å². The molecule has 8 heteroatoms. The number of benzene rings is 2. The molecule has 1 heterocycles. The minimum Gasteiger partial charge on any atom is -0.326 e. The monoisotopic (exact) mass is 457 g/mol. The standard InChI is InChI=1S/C25H26F3N3O2/c1-3-24(14-6-7-15-24)23(33)30-21-22(32)31(2)19-9-5-4-8-18(19)20(29-21)16-10-12-17(13-11-16)25(26,27)28/h4-5,8-13,21H,3,6-7,14-15H2,1-2H3,(H,30,33). The van der Waals surface area contributed by atoms with Crippen molar-refractivity contribution in [3.05, 3.63) is 65.2 Å². The Morgan fingerprint density at radius 3 is 2.36 bits per heavy atom. The molecule has 1 saturated carbocycles. The fourth-order valence-corrected chi connectivity index (χ4v) is 4.73. The molecule has 0 saturated heterocycles. The number of para-hydroxylation sites is 1. The highest BCUT2D eigenvalue weighted by Gasteiger charge is 2.42. The fourth-order valence-electron chi connectivity index (χ4n) is 4.73. The first-order chi connectivity index (χ1) is 15.7. The van der Waals surface area contributed by atoms with E-state index in [-0.39, 0.29) is 5.91 Å². The number of benzodiazepines with no additional fused rings is 1. The zero-order chi connectivity index (χ0) is 23.8. The molecule has 174 valence electrons. The van der Waals surface area contributed by atoms with Crippen LogP contribution >= 0.6 is 0 Å². The van der Waals surface area contributed by atoms with Crippen LogP contribution in [-0.4, -0.2) is 30.7 Å². The zero-order valence-corrected chi connectivity index (χ0v) is 18.6. The van der Waals surface area contributed by atoms with Crippen molar-refractivity contribution >= 4 is 23.2 Å².